The summed E-state index contributed by atoms with van der Waals surface area (Å²) < 4.78 is 0. The first kappa shape index (κ1) is 12.0. The van der Waals surface area contributed by atoms with E-state index in [0.29, 0.717) is 12.4 Å². The molecule has 0 saturated carbocycles. The van der Waals surface area contributed by atoms with Crippen molar-refractivity contribution in [1.82, 2.24) is 4.98 Å². The van der Waals surface area contributed by atoms with E-state index in [1.165, 1.54) is 17.8 Å². The zero-order valence-electron chi connectivity index (χ0n) is 9.96. The van der Waals surface area contributed by atoms with Gasteiger partial charge in [0.1, 0.15) is 0 Å². The Hall–Kier alpha value is -2.43. The first-order chi connectivity index (χ1) is 8.66. The Morgan fingerprint density at radius 3 is 2.67 bits per heavy atom. The van der Waals surface area contributed by atoms with Crippen molar-refractivity contribution in [2.75, 3.05) is 5.32 Å². The molecule has 1 heterocycles. The summed E-state index contributed by atoms with van der Waals surface area (Å²) in [6.07, 6.45) is 1.53. The summed E-state index contributed by atoms with van der Waals surface area (Å²) in [5.41, 5.74) is 2.23. The van der Waals surface area contributed by atoms with E-state index in [2.05, 4.69) is 10.3 Å². The number of nitro groups is 1. The minimum absolute atomic E-state index is 0.00962. The average molecular weight is 243 g/mol. The number of nitrogens with one attached hydrogen (secondary N) is 1. The lowest BCUT2D eigenvalue weighted by atomic mass is 10.1. The van der Waals surface area contributed by atoms with Crippen molar-refractivity contribution in [2.24, 2.45) is 0 Å². The number of benzene rings is 1. The molecule has 5 heteroatoms. The second-order valence-corrected chi connectivity index (χ2v) is 3.97. The van der Waals surface area contributed by atoms with Crippen molar-refractivity contribution in [3.8, 4) is 0 Å². The molecule has 5 nitrogen and oxygen atoms in total. The van der Waals surface area contributed by atoms with Gasteiger partial charge in [-0.1, -0.05) is 29.8 Å². The van der Waals surface area contributed by atoms with Crippen LogP contribution in [-0.2, 0) is 6.54 Å². The standard InChI is InChI=1S/C13H13N3O2/c1-10-4-6-11(7-5-10)9-15-13-12(16(17)18)3-2-8-14-13/h2-8H,9H2,1H3,(H,14,15). The van der Waals surface area contributed by atoms with Gasteiger partial charge in [0.2, 0.25) is 5.82 Å². The summed E-state index contributed by atoms with van der Waals surface area (Å²) in [5, 5.41) is 13.8. The Labute approximate surface area is 105 Å². The van der Waals surface area contributed by atoms with Gasteiger partial charge in [0.05, 0.1) is 4.92 Å². The number of pyridine rings is 1. The fourth-order valence-electron chi connectivity index (χ4n) is 1.57. The van der Waals surface area contributed by atoms with Crippen molar-refractivity contribution in [1.29, 1.82) is 0 Å². The molecule has 1 aromatic carbocycles. The van der Waals surface area contributed by atoms with E-state index < -0.39 is 4.92 Å². The van der Waals surface area contributed by atoms with Gasteiger partial charge in [-0.25, -0.2) is 4.98 Å². The molecule has 0 fully saturated rings. The number of nitrogens with zero attached hydrogens (tertiary/aromatic N) is 2. The van der Waals surface area contributed by atoms with Crippen LogP contribution >= 0.6 is 0 Å². The van der Waals surface area contributed by atoms with Crippen LogP contribution in [0.15, 0.2) is 42.6 Å². The van der Waals surface area contributed by atoms with Crippen LogP contribution < -0.4 is 5.32 Å². The summed E-state index contributed by atoms with van der Waals surface area (Å²) >= 11 is 0. The number of anilines is 1. The second-order valence-electron chi connectivity index (χ2n) is 3.97. The average Bonchev–Trinajstić information content (AvgIpc) is 2.38. The van der Waals surface area contributed by atoms with Gasteiger partial charge in [-0.05, 0) is 18.6 Å². The molecule has 1 aromatic heterocycles. The Morgan fingerprint density at radius 2 is 2.00 bits per heavy atom. The molecular formula is C13H13N3O2. The first-order valence-electron chi connectivity index (χ1n) is 5.55. The van der Waals surface area contributed by atoms with Gasteiger partial charge in [0, 0.05) is 18.8 Å². The molecule has 0 amide bonds. The predicted octanol–water partition coefficient (Wildman–Crippen LogP) is 2.91. The van der Waals surface area contributed by atoms with E-state index in [0.717, 1.165) is 5.56 Å². The fraction of sp³-hybridized carbons (Fsp3) is 0.154. The highest BCUT2D eigenvalue weighted by Crippen LogP contribution is 2.20. The number of aryl methyl sites for hydroxylation is 1. The van der Waals surface area contributed by atoms with Crippen molar-refractivity contribution in [3.05, 3.63) is 63.8 Å². The monoisotopic (exact) mass is 243 g/mol. The molecule has 18 heavy (non-hydrogen) atoms. The number of hydrogen-bond acceptors (Lipinski definition) is 4. The highest BCUT2D eigenvalue weighted by Gasteiger charge is 2.13. The molecule has 0 aliphatic carbocycles. The van der Waals surface area contributed by atoms with Crippen molar-refractivity contribution in [3.63, 3.8) is 0 Å². The normalized spacial score (nSPS) is 10.1. The fourth-order valence-corrected chi connectivity index (χ4v) is 1.57. The molecule has 1 N–H and O–H groups in total. The largest absolute Gasteiger partial charge is 0.360 e. The van der Waals surface area contributed by atoms with Crippen LogP contribution in [0.5, 0.6) is 0 Å². The Bertz CT molecular complexity index is 552. The lowest BCUT2D eigenvalue weighted by Gasteiger charge is -2.06. The molecular weight excluding hydrogens is 230 g/mol. The topological polar surface area (TPSA) is 68.1 Å². The highest BCUT2D eigenvalue weighted by atomic mass is 16.6. The molecule has 0 unspecified atom stereocenters. The van der Waals surface area contributed by atoms with Gasteiger partial charge in [-0.3, -0.25) is 10.1 Å². The SMILES string of the molecule is Cc1ccc(CNc2ncccc2[N+](=O)[O-])cc1. The third kappa shape index (κ3) is 2.82. The molecule has 0 aliphatic rings. The van der Waals surface area contributed by atoms with Gasteiger partial charge >= 0.3 is 5.69 Å². The van der Waals surface area contributed by atoms with Crippen molar-refractivity contribution >= 4 is 11.5 Å². The molecule has 2 aromatic rings. The van der Waals surface area contributed by atoms with Crippen molar-refractivity contribution in [2.45, 2.75) is 13.5 Å². The van der Waals surface area contributed by atoms with E-state index in [1.54, 1.807) is 6.07 Å². The number of hydrogen-bond donors (Lipinski definition) is 1. The van der Waals surface area contributed by atoms with Gasteiger partial charge in [-0.2, -0.15) is 0 Å². The van der Waals surface area contributed by atoms with E-state index in [1.807, 2.05) is 31.2 Å². The van der Waals surface area contributed by atoms with Crippen LogP contribution in [0.1, 0.15) is 11.1 Å². The summed E-state index contributed by atoms with van der Waals surface area (Å²) in [6.45, 7) is 2.53. The quantitative estimate of drug-likeness (QED) is 0.662. The van der Waals surface area contributed by atoms with Gasteiger partial charge in [0.25, 0.3) is 0 Å². The number of aromatic nitrogens is 1. The van der Waals surface area contributed by atoms with Crippen molar-refractivity contribution < 1.29 is 4.92 Å². The van der Waals surface area contributed by atoms with Crippen LogP contribution in [-0.4, -0.2) is 9.91 Å². The lowest BCUT2D eigenvalue weighted by Crippen LogP contribution is -2.04. The maximum absolute atomic E-state index is 10.8. The number of rotatable bonds is 4. The maximum atomic E-state index is 10.8. The van der Waals surface area contributed by atoms with Crippen LogP contribution in [0.2, 0.25) is 0 Å². The first-order valence-corrected chi connectivity index (χ1v) is 5.55. The molecule has 0 radical (unpaired) electrons. The van der Waals surface area contributed by atoms with Crippen LogP contribution in [0.3, 0.4) is 0 Å². The van der Waals surface area contributed by atoms with Crippen LogP contribution in [0, 0.1) is 17.0 Å². The Balaban J connectivity index is 2.10. The van der Waals surface area contributed by atoms with Crippen LogP contribution in [0.25, 0.3) is 0 Å². The summed E-state index contributed by atoms with van der Waals surface area (Å²) in [7, 11) is 0. The molecule has 0 aliphatic heterocycles. The summed E-state index contributed by atoms with van der Waals surface area (Å²) in [4.78, 5) is 14.3. The minimum Gasteiger partial charge on any atom is -0.360 e. The molecule has 0 spiro atoms. The van der Waals surface area contributed by atoms with Gasteiger partial charge in [-0.15, -0.1) is 0 Å². The summed E-state index contributed by atoms with van der Waals surface area (Å²) in [6, 6.07) is 11.0. The zero-order chi connectivity index (χ0) is 13.0. The highest BCUT2D eigenvalue weighted by molar-refractivity contribution is 5.55. The smallest absolute Gasteiger partial charge is 0.311 e. The molecule has 0 saturated heterocycles. The van der Waals surface area contributed by atoms with Gasteiger partial charge in [0.15, 0.2) is 0 Å². The van der Waals surface area contributed by atoms with E-state index >= 15 is 0 Å². The van der Waals surface area contributed by atoms with E-state index in [-0.39, 0.29) is 5.69 Å². The van der Waals surface area contributed by atoms with E-state index in [4.69, 9.17) is 0 Å². The van der Waals surface area contributed by atoms with E-state index in [9.17, 15) is 10.1 Å². The summed E-state index contributed by atoms with van der Waals surface area (Å²) in [5.74, 6) is 0.295. The predicted molar refractivity (Wildman–Crippen MR) is 69.4 cm³/mol. The molecule has 92 valence electrons. The van der Waals surface area contributed by atoms with Crippen LogP contribution in [0.4, 0.5) is 11.5 Å². The molecule has 0 bridgehead atoms. The molecule has 0 atom stereocenters. The maximum Gasteiger partial charge on any atom is 0.311 e. The third-order valence-corrected chi connectivity index (χ3v) is 2.56. The minimum atomic E-state index is -0.440. The Morgan fingerprint density at radius 1 is 1.28 bits per heavy atom. The lowest BCUT2D eigenvalue weighted by molar-refractivity contribution is -0.384. The third-order valence-electron chi connectivity index (χ3n) is 2.56. The van der Waals surface area contributed by atoms with Gasteiger partial charge < -0.3 is 5.32 Å². The second kappa shape index (κ2) is 5.27. The Kier molecular flexibility index (Phi) is 3.52. The molecule has 2 rings (SSSR count). The zero-order valence-corrected chi connectivity index (χ0v) is 9.96.